The zero-order chi connectivity index (χ0) is 16.5. The van der Waals surface area contributed by atoms with E-state index in [0.717, 1.165) is 16.9 Å². The van der Waals surface area contributed by atoms with Crippen molar-refractivity contribution in [2.75, 3.05) is 24.5 Å². The minimum absolute atomic E-state index is 0.0717. The Kier molecular flexibility index (Phi) is 3.78. The summed E-state index contributed by atoms with van der Waals surface area (Å²) in [6.07, 6.45) is 3.06. The SMILES string of the molecule is O=C1CN(c2ncnc3nc[nH]c23)CCN1Cc1ccc(Cl)cc1. The van der Waals surface area contributed by atoms with E-state index in [-0.39, 0.29) is 5.91 Å². The summed E-state index contributed by atoms with van der Waals surface area (Å²) in [4.78, 5) is 31.9. The van der Waals surface area contributed by atoms with Gasteiger partial charge in [-0.1, -0.05) is 23.7 Å². The molecule has 1 N–H and O–H groups in total. The highest BCUT2D eigenvalue weighted by Gasteiger charge is 2.26. The van der Waals surface area contributed by atoms with Crippen LogP contribution in [0.25, 0.3) is 11.2 Å². The highest BCUT2D eigenvalue weighted by Crippen LogP contribution is 2.22. The molecule has 0 bridgehead atoms. The molecule has 7 nitrogen and oxygen atoms in total. The van der Waals surface area contributed by atoms with E-state index in [4.69, 9.17) is 11.6 Å². The monoisotopic (exact) mass is 342 g/mol. The van der Waals surface area contributed by atoms with Gasteiger partial charge >= 0.3 is 0 Å². The first kappa shape index (κ1) is 14.9. The summed E-state index contributed by atoms with van der Waals surface area (Å²) in [5, 5.41) is 0.697. The van der Waals surface area contributed by atoms with Crippen LogP contribution in [0.4, 0.5) is 5.82 Å². The summed E-state index contributed by atoms with van der Waals surface area (Å²) in [5.74, 6) is 0.791. The maximum Gasteiger partial charge on any atom is 0.242 e. The molecule has 1 aliphatic heterocycles. The zero-order valence-electron chi connectivity index (χ0n) is 12.8. The number of H-pyrrole nitrogens is 1. The Bertz CT molecular complexity index is 878. The molecule has 1 amide bonds. The van der Waals surface area contributed by atoms with E-state index >= 15 is 0 Å². The lowest BCUT2D eigenvalue weighted by molar-refractivity contribution is -0.131. The molecule has 1 aromatic carbocycles. The Morgan fingerprint density at radius 2 is 1.96 bits per heavy atom. The normalized spacial score (nSPS) is 15.3. The Morgan fingerprint density at radius 1 is 1.12 bits per heavy atom. The fraction of sp³-hybridized carbons (Fsp3) is 0.250. The van der Waals surface area contributed by atoms with Gasteiger partial charge in [0.05, 0.1) is 12.9 Å². The number of carbonyl (C=O) groups excluding carboxylic acids is 1. The van der Waals surface area contributed by atoms with Crippen LogP contribution < -0.4 is 4.90 Å². The molecule has 4 rings (SSSR count). The molecule has 1 saturated heterocycles. The van der Waals surface area contributed by atoms with Crippen LogP contribution in [0.5, 0.6) is 0 Å². The predicted octanol–water partition coefficient (Wildman–Crippen LogP) is 1.86. The van der Waals surface area contributed by atoms with Crippen LogP contribution >= 0.6 is 11.6 Å². The predicted molar refractivity (Wildman–Crippen MR) is 90.8 cm³/mol. The highest BCUT2D eigenvalue weighted by molar-refractivity contribution is 6.30. The Morgan fingerprint density at radius 3 is 2.75 bits per heavy atom. The van der Waals surface area contributed by atoms with Crippen molar-refractivity contribution in [1.29, 1.82) is 0 Å². The standard InChI is InChI=1S/C16H15ClN6O/c17-12-3-1-11(2-4-12)7-22-5-6-23(8-13(22)24)16-14-15(19-9-18-14)20-10-21-16/h1-4,9-10H,5-8H2,(H,18,19,20,21). The number of nitrogens with zero attached hydrogens (tertiary/aromatic N) is 5. The van der Waals surface area contributed by atoms with Crippen LogP contribution in [0.2, 0.25) is 5.02 Å². The molecule has 8 heteroatoms. The lowest BCUT2D eigenvalue weighted by atomic mass is 10.2. The molecular weight excluding hydrogens is 328 g/mol. The summed E-state index contributed by atoms with van der Waals surface area (Å²) in [6.45, 7) is 2.23. The molecule has 122 valence electrons. The van der Waals surface area contributed by atoms with Crippen LogP contribution in [-0.4, -0.2) is 50.4 Å². The molecule has 0 atom stereocenters. The second-order valence-corrected chi connectivity index (χ2v) is 6.10. The minimum atomic E-state index is 0.0717. The number of amides is 1. The quantitative estimate of drug-likeness (QED) is 0.786. The average Bonchev–Trinajstić information content (AvgIpc) is 3.07. The van der Waals surface area contributed by atoms with Gasteiger partial charge in [0.15, 0.2) is 11.5 Å². The van der Waals surface area contributed by atoms with Crippen LogP contribution in [0.3, 0.4) is 0 Å². The molecule has 0 spiro atoms. The highest BCUT2D eigenvalue weighted by atomic mass is 35.5. The first-order chi connectivity index (χ1) is 11.7. The maximum atomic E-state index is 12.5. The molecule has 0 saturated carbocycles. The smallest absolute Gasteiger partial charge is 0.242 e. The van der Waals surface area contributed by atoms with Crippen molar-refractivity contribution in [1.82, 2.24) is 24.8 Å². The van der Waals surface area contributed by atoms with Gasteiger partial charge in [0, 0.05) is 24.7 Å². The number of anilines is 1. The molecule has 3 aromatic rings. The van der Waals surface area contributed by atoms with Gasteiger partial charge in [-0.15, -0.1) is 0 Å². The Balaban J connectivity index is 1.49. The van der Waals surface area contributed by atoms with Gasteiger partial charge in [0.25, 0.3) is 0 Å². The number of hydrogen-bond donors (Lipinski definition) is 1. The summed E-state index contributed by atoms with van der Waals surface area (Å²) in [7, 11) is 0. The Labute approximate surface area is 143 Å². The van der Waals surface area contributed by atoms with Gasteiger partial charge in [-0.25, -0.2) is 15.0 Å². The largest absolute Gasteiger partial charge is 0.344 e. The second kappa shape index (κ2) is 6.09. The first-order valence-electron chi connectivity index (χ1n) is 7.62. The van der Waals surface area contributed by atoms with Gasteiger partial charge < -0.3 is 14.8 Å². The third-order valence-corrected chi connectivity index (χ3v) is 4.36. The molecule has 2 aromatic heterocycles. The van der Waals surface area contributed by atoms with E-state index in [1.807, 2.05) is 34.1 Å². The van der Waals surface area contributed by atoms with Gasteiger partial charge in [-0.05, 0) is 17.7 Å². The summed E-state index contributed by atoms with van der Waals surface area (Å²) in [5.41, 5.74) is 2.44. The van der Waals surface area contributed by atoms with E-state index in [9.17, 15) is 4.79 Å². The van der Waals surface area contributed by atoms with Crippen LogP contribution in [-0.2, 0) is 11.3 Å². The summed E-state index contributed by atoms with van der Waals surface area (Å²) in [6, 6.07) is 7.57. The number of piperazine rings is 1. The van der Waals surface area contributed by atoms with Crippen LogP contribution in [0.1, 0.15) is 5.56 Å². The average molecular weight is 343 g/mol. The van der Waals surface area contributed by atoms with Crippen LogP contribution in [0.15, 0.2) is 36.9 Å². The third kappa shape index (κ3) is 2.78. The van der Waals surface area contributed by atoms with E-state index in [1.54, 1.807) is 6.33 Å². The molecule has 3 heterocycles. The Hall–Kier alpha value is -2.67. The second-order valence-electron chi connectivity index (χ2n) is 5.66. The first-order valence-corrected chi connectivity index (χ1v) is 8.00. The van der Waals surface area contributed by atoms with Crippen molar-refractivity contribution in [2.45, 2.75) is 6.54 Å². The van der Waals surface area contributed by atoms with Crippen molar-refractivity contribution in [3.63, 3.8) is 0 Å². The van der Waals surface area contributed by atoms with Crippen molar-refractivity contribution >= 4 is 34.5 Å². The molecule has 0 radical (unpaired) electrons. The lowest BCUT2D eigenvalue weighted by Gasteiger charge is -2.35. The lowest BCUT2D eigenvalue weighted by Crippen LogP contribution is -2.50. The number of imidazole rings is 1. The zero-order valence-corrected chi connectivity index (χ0v) is 13.6. The topological polar surface area (TPSA) is 78.0 Å². The molecule has 24 heavy (non-hydrogen) atoms. The fourth-order valence-corrected chi connectivity index (χ4v) is 2.98. The molecular formula is C16H15ClN6O. The van der Waals surface area contributed by atoms with Gasteiger partial charge in [0.1, 0.15) is 11.8 Å². The third-order valence-electron chi connectivity index (χ3n) is 4.11. The number of fused-ring (bicyclic) bond motifs is 1. The number of nitrogens with one attached hydrogen (secondary N) is 1. The van der Waals surface area contributed by atoms with Crippen molar-refractivity contribution in [3.05, 3.63) is 47.5 Å². The number of benzene rings is 1. The van der Waals surface area contributed by atoms with Crippen molar-refractivity contribution in [3.8, 4) is 0 Å². The number of aromatic nitrogens is 4. The number of halogens is 1. The van der Waals surface area contributed by atoms with Crippen molar-refractivity contribution in [2.24, 2.45) is 0 Å². The number of carbonyl (C=O) groups is 1. The molecule has 1 aliphatic rings. The summed E-state index contributed by atoms with van der Waals surface area (Å²) < 4.78 is 0. The van der Waals surface area contributed by atoms with E-state index < -0.39 is 0 Å². The maximum absolute atomic E-state index is 12.5. The molecule has 0 aliphatic carbocycles. The number of hydrogen-bond acceptors (Lipinski definition) is 5. The van der Waals surface area contributed by atoms with E-state index in [0.29, 0.717) is 36.8 Å². The minimum Gasteiger partial charge on any atom is -0.344 e. The van der Waals surface area contributed by atoms with E-state index in [2.05, 4.69) is 19.9 Å². The van der Waals surface area contributed by atoms with Crippen molar-refractivity contribution < 1.29 is 4.79 Å². The van der Waals surface area contributed by atoms with Gasteiger partial charge in [-0.3, -0.25) is 4.79 Å². The molecule has 0 unspecified atom stereocenters. The molecule has 1 fully saturated rings. The van der Waals surface area contributed by atoms with Crippen LogP contribution in [0, 0.1) is 0 Å². The fourth-order valence-electron chi connectivity index (χ4n) is 2.86. The number of aromatic amines is 1. The van der Waals surface area contributed by atoms with Gasteiger partial charge in [-0.2, -0.15) is 0 Å². The van der Waals surface area contributed by atoms with Gasteiger partial charge in [0.2, 0.25) is 5.91 Å². The number of rotatable bonds is 3. The summed E-state index contributed by atoms with van der Waals surface area (Å²) >= 11 is 5.90. The van der Waals surface area contributed by atoms with E-state index in [1.165, 1.54) is 6.33 Å².